The molecule has 0 radical (unpaired) electrons. The molecule has 1 N–H and O–H groups in total. The van der Waals surface area contributed by atoms with Gasteiger partial charge in [-0.15, -0.1) is 0 Å². The Hall–Kier alpha value is -2.63. The molecule has 0 saturated heterocycles. The van der Waals surface area contributed by atoms with Crippen LogP contribution in [0.25, 0.3) is 21.9 Å². The van der Waals surface area contributed by atoms with Crippen LogP contribution in [-0.2, 0) is 16.1 Å². The van der Waals surface area contributed by atoms with E-state index in [0.29, 0.717) is 17.6 Å². The van der Waals surface area contributed by atoms with Gasteiger partial charge in [0.25, 0.3) is 11.7 Å². The van der Waals surface area contributed by atoms with Crippen LogP contribution in [0.2, 0.25) is 0 Å². The standard InChI is InChI=1S/C15H16N3O3/c1-10(15(19)21-2)7-17-9-16-12-8-18(20)13-6-4-3-5-11(13)14(12)17/h3-6,8-10,20H,7H2,1-2H3/q+1. The van der Waals surface area contributed by atoms with Crippen molar-refractivity contribution in [2.75, 3.05) is 7.11 Å². The molecule has 0 saturated carbocycles. The maximum Gasteiger partial charge on any atom is 0.310 e. The van der Waals surface area contributed by atoms with Crippen molar-refractivity contribution in [3.63, 3.8) is 0 Å². The van der Waals surface area contributed by atoms with Crippen molar-refractivity contribution in [3.05, 3.63) is 36.8 Å². The maximum atomic E-state index is 11.6. The highest BCUT2D eigenvalue weighted by Crippen LogP contribution is 2.22. The molecule has 21 heavy (non-hydrogen) atoms. The molecule has 6 heteroatoms. The van der Waals surface area contributed by atoms with Gasteiger partial charge in [-0.2, -0.15) is 0 Å². The number of fused-ring (bicyclic) bond motifs is 3. The van der Waals surface area contributed by atoms with Crippen molar-refractivity contribution in [1.82, 2.24) is 9.55 Å². The van der Waals surface area contributed by atoms with Gasteiger partial charge in [-0.3, -0.25) is 10.0 Å². The molecule has 0 spiro atoms. The third-order valence-corrected chi connectivity index (χ3v) is 3.59. The van der Waals surface area contributed by atoms with E-state index in [9.17, 15) is 10.0 Å². The van der Waals surface area contributed by atoms with Crippen molar-refractivity contribution < 1.29 is 19.5 Å². The number of esters is 1. The van der Waals surface area contributed by atoms with Crippen LogP contribution in [0.5, 0.6) is 0 Å². The van der Waals surface area contributed by atoms with E-state index in [2.05, 4.69) is 4.98 Å². The zero-order valence-corrected chi connectivity index (χ0v) is 11.9. The first-order chi connectivity index (χ1) is 10.1. The SMILES string of the molecule is COC(=O)C(C)Cn1cnc2c[n+](O)c3ccccc3c21. The second-order valence-corrected chi connectivity index (χ2v) is 5.05. The Bertz CT molecular complexity index is 826. The molecule has 1 aromatic carbocycles. The maximum absolute atomic E-state index is 11.6. The van der Waals surface area contributed by atoms with E-state index in [0.717, 1.165) is 15.6 Å². The highest BCUT2D eigenvalue weighted by molar-refractivity contribution is 6.00. The van der Waals surface area contributed by atoms with E-state index < -0.39 is 0 Å². The van der Waals surface area contributed by atoms with Crippen molar-refractivity contribution in [2.45, 2.75) is 13.5 Å². The average molecular weight is 286 g/mol. The Labute approximate surface area is 121 Å². The number of para-hydroxylation sites is 1. The summed E-state index contributed by atoms with van der Waals surface area (Å²) in [7, 11) is 1.38. The van der Waals surface area contributed by atoms with Gasteiger partial charge in [0, 0.05) is 17.3 Å². The molecule has 0 amide bonds. The predicted octanol–water partition coefficient (Wildman–Crippen LogP) is 1.52. The Morgan fingerprint density at radius 1 is 1.48 bits per heavy atom. The van der Waals surface area contributed by atoms with Crippen molar-refractivity contribution in [1.29, 1.82) is 0 Å². The number of aromatic nitrogens is 3. The lowest BCUT2D eigenvalue weighted by Gasteiger charge is -2.11. The fourth-order valence-corrected chi connectivity index (χ4v) is 2.55. The molecule has 0 aliphatic carbocycles. The second-order valence-electron chi connectivity index (χ2n) is 5.05. The van der Waals surface area contributed by atoms with E-state index in [1.807, 2.05) is 35.8 Å². The number of hydrogen-bond acceptors (Lipinski definition) is 4. The minimum atomic E-state index is -0.271. The van der Waals surface area contributed by atoms with E-state index in [-0.39, 0.29) is 11.9 Å². The Balaban J connectivity index is 2.17. The summed E-state index contributed by atoms with van der Waals surface area (Å²) in [5, 5.41) is 10.9. The second kappa shape index (κ2) is 5.05. The molecule has 1 unspecified atom stereocenters. The number of methoxy groups -OCH3 is 1. The smallest absolute Gasteiger partial charge is 0.310 e. The highest BCUT2D eigenvalue weighted by Gasteiger charge is 2.20. The molecule has 1 atom stereocenters. The lowest BCUT2D eigenvalue weighted by atomic mass is 10.1. The molecular weight excluding hydrogens is 270 g/mol. The third kappa shape index (κ3) is 2.18. The van der Waals surface area contributed by atoms with Crippen LogP contribution in [0.4, 0.5) is 0 Å². The average Bonchev–Trinajstić information content (AvgIpc) is 2.89. The molecule has 108 valence electrons. The molecule has 2 heterocycles. The molecule has 3 aromatic rings. The minimum absolute atomic E-state index is 0.255. The number of hydrogen-bond donors (Lipinski definition) is 1. The fourth-order valence-electron chi connectivity index (χ4n) is 2.55. The van der Waals surface area contributed by atoms with Gasteiger partial charge in [0.15, 0.2) is 5.52 Å². The number of ether oxygens (including phenoxy) is 1. The van der Waals surface area contributed by atoms with E-state index >= 15 is 0 Å². The number of benzene rings is 1. The van der Waals surface area contributed by atoms with Crippen molar-refractivity contribution in [2.24, 2.45) is 5.92 Å². The first-order valence-electron chi connectivity index (χ1n) is 6.67. The number of nitrogens with zero attached hydrogens (tertiary/aromatic N) is 3. The molecule has 3 rings (SSSR count). The van der Waals surface area contributed by atoms with Crippen molar-refractivity contribution >= 4 is 27.9 Å². The monoisotopic (exact) mass is 286 g/mol. The number of pyridine rings is 1. The molecule has 0 aliphatic heterocycles. The quantitative estimate of drug-likeness (QED) is 0.450. The van der Waals surface area contributed by atoms with Gasteiger partial charge in [0.1, 0.15) is 0 Å². The number of carbonyl (C=O) groups excluding carboxylic acids is 1. The van der Waals surface area contributed by atoms with Crippen LogP contribution >= 0.6 is 0 Å². The molecule has 0 fully saturated rings. The summed E-state index contributed by atoms with van der Waals surface area (Å²) in [6.07, 6.45) is 3.24. The molecule has 0 bridgehead atoms. The molecule has 0 aliphatic rings. The predicted molar refractivity (Wildman–Crippen MR) is 75.8 cm³/mol. The summed E-state index contributed by atoms with van der Waals surface area (Å²) in [4.78, 5) is 15.9. The van der Waals surface area contributed by atoms with E-state index in [4.69, 9.17) is 4.74 Å². The van der Waals surface area contributed by atoms with Gasteiger partial charge >= 0.3 is 5.97 Å². The third-order valence-electron chi connectivity index (χ3n) is 3.59. The van der Waals surface area contributed by atoms with E-state index in [1.54, 1.807) is 12.5 Å². The Morgan fingerprint density at radius 3 is 3.00 bits per heavy atom. The summed E-state index contributed by atoms with van der Waals surface area (Å²) >= 11 is 0. The van der Waals surface area contributed by atoms with Crippen LogP contribution in [-0.4, -0.2) is 27.8 Å². The van der Waals surface area contributed by atoms with Crippen LogP contribution < -0.4 is 4.73 Å². The van der Waals surface area contributed by atoms with E-state index in [1.165, 1.54) is 7.11 Å². The lowest BCUT2D eigenvalue weighted by molar-refractivity contribution is -0.883. The van der Waals surface area contributed by atoms with Crippen LogP contribution in [0.15, 0.2) is 36.8 Å². The summed E-state index contributed by atoms with van der Waals surface area (Å²) < 4.78 is 7.75. The molecule has 6 nitrogen and oxygen atoms in total. The van der Waals surface area contributed by atoms with Crippen LogP contribution in [0, 0.1) is 5.92 Å². The zero-order chi connectivity index (χ0) is 15.0. The van der Waals surface area contributed by atoms with Gasteiger partial charge < -0.3 is 9.30 Å². The van der Waals surface area contributed by atoms with Crippen molar-refractivity contribution in [3.8, 4) is 0 Å². The summed E-state index contributed by atoms with van der Waals surface area (Å²) in [6, 6.07) is 7.52. The fraction of sp³-hybridized carbons (Fsp3) is 0.267. The zero-order valence-electron chi connectivity index (χ0n) is 11.9. The minimum Gasteiger partial charge on any atom is -0.469 e. The lowest BCUT2D eigenvalue weighted by Crippen LogP contribution is -2.30. The highest BCUT2D eigenvalue weighted by atomic mass is 16.5. The summed E-state index contributed by atoms with van der Waals surface area (Å²) in [5.74, 6) is -0.526. The van der Waals surface area contributed by atoms with Gasteiger partial charge in [-0.25, -0.2) is 4.98 Å². The first-order valence-corrected chi connectivity index (χ1v) is 6.67. The first kappa shape index (κ1) is 13.4. The molecule has 2 aromatic heterocycles. The Morgan fingerprint density at radius 2 is 2.24 bits per heavy atom. The Kier molecular flexibility index (Phi) is 3.21. The van der Waals surface area contributed by atoms with Gasteiger partial charge in [0.2, 0.25) is 0 Å². The van der Waals surface area contributed by atoms with Gasteiger partial charge in [0.05, 0.1) is 30.3 Å². The van der Waals surface area contributed by atoms with Crippen LogP contribution in [0.3, 0.4) is 0 Å². The molecular formula is C15H16N3O3+. The largest absolute Gasteiger partial charge is 0.469 e. The van der Waals surface area contributed by atoms with Gasteiger partial charge in [-0.1, -0.05) is 19.1 Å². The normalized spacial score (nSPS) is 12.7. The number of carbonyl (C=O) groups is 1. The van der Waals surface area contributed by atoms with Crippen LogP contribution in [0.1, 0.15) is 6.92 Å². The number of imidazole rings is 1. The number of rotatable bonds is 3. The van der Waals surface area contributed by atoms with Gasteiger partial charge in [-0.05, 0) is 6.07 Å². The topological polar surface area (TPSA) is 68.2 Å². The summed E-state index contributed by atoms with van der Waals surface area (Å²) in [5.41, 5.74) is 2.26. The summed E-state index contributed by atoms with van der Waals surface area (Å²) in [6.45, 7) is 2.29.